The molecule has 5 nitrogen and oxygen atoms in total. The van der Waals surface area contributed by atoms with E-state index in [-0.39, 0.29) is 5.91 Å². The predicted molar refractivity (Wildman–Crippen MR) is 73.5 cm³/mol. The topological polar surface area (TPSA) is 72.9 Å². The van der Waals surface area contributed by atoms with Gasteiger partial charge in [0.05, 0.1) is 6.33 Å². The lowest BCUT2D eigenvalue weighted by Gasteiger charge is -2.09. The monoisotopic (exact) mass is 258 g/mol. The highest BCUT2D eigenvalue weighted by atomic mass is 16.1. The number of nitrogens with two attached hydrogens (primary N) is 1. The zero-order valence-electron chi connectivity index (χ0n) is 10.7. The Balaban J connectivity index is 1.81. The van der Waals surface area contributed by atoms with Crippen LogP contribution < -0.4 is 11.1 Å². The molecule has 0 unspecified atom stereocenters. The minimum absolute atomic E-state index is 0.0633. The number of nitrogens with one attached hydrogen (secondary N) is 1. The van der Waals surface area contributed by atoms with E-state index in [1.165, 1.54) is 0 Å². The zero-order chi connectivity index (χ0) is 13.5. The van der Waals surface area contributed by atoms with Crippen LogP contribution in [0.25, 0.3) is 0 Å². The van der Waals surface area contributed by atoms with E-state index in [9.17, 15) is 4.79 Å². The first kappa shape index (κ1) is 13.3. The van der Waals surface area contributed by atoms with Gasteiger partial charge in [0, 0.05) is 37.6 Å². The summed E-state index contributed by atoms with van der Waals surface area (Å²) < 4.78 is 1.99. The SMILES string of the molecule is NCc1ccccc1C(=O)NCCCn1ccnc1. The summed E-state index contributed by atoms with van der Waals surface area (Å²) in [5, 5.41) is 2.91. The van der Waals surface area contributed by atoms with E-state index < -0.39 is 0 Å². The molecule has 1 aromatic heterocycles. The maximum Gasteiger partial charge on any atom is 0.251 e. The molecule has 1 amide bonds. The average Bonchev–Trinajstić information content (AvgIpc) is 2.96. The number of hydrogen-bond donors (Lipinski definition) is 2. The van der Waals surface area contributed by atoms with Crippen molar-refractivity contribution < 1.29 is 4.79 Å². The Morgan fingerprint density at radius 2 is 2.21 bits per heavy atom. The lowest BCUT2D eigenvalue weighted by Crippen LogP contribution is -2.26. The van der Waals surface area contributed by atoms with Gasteiger partial charge in [-0.3, -0.25) is 4.79 Å². The predicted octanol–water partition coefficient (Wildman–Crippen LogP) is 1.16. The fourth-order valence-electron chi connectivity index (χ4n) is 1.90. The van der Waals surface area contributed by atoms with Gasteiger partial charge in [-0.1, -0.05) is 18.2 Å². The molecule has 0 bridgehead atoms. The van der Waals surface area contributed by atoms with Crippen molar-refractivity contribution in [1.82, 2.24) is 14.9 Å². The highest BCUT2D eigenvalue weighted by Crippen LogP contribution is 2.07. The molecule has 0 aliphatic rings. The Labute approximate surface area is 112 Å². The molecule has 0 aliphatic carbocycles. The first-order valence-corrected chi connectivity index (χ1v) is 6.33. The molecule has 3 N–H and O–H groups in total. The summed E-state index contributed by atoms with van der Waals surface area (Å²) in [6, 6.07) is 7.41. The molecule has 1 heterocycles. The van der Waals surface area contributed by atoms with Crippen LogP contribution in [0.5, 0.6) is 0 Å². The molecule has 0 spiro atoms. The van der Waals surface area contributed by atoms with Crippen molar-refractivity contribution in [3.63, 3.8) is 0 Å². The van der Waals surface area contributed by atoms with Gasteiger partial charge in [0.1, 0.15) is 0 Å². The van der Waals surface area contributed by atoms with Crippen molar-refractivity contribution in [2.75, 3.05) is 6.54 Å². The second-order valence-electron chi connectivity index (χ2n) is 4.27. The average molecular weight is 258 g/mol. The lowest BCUT2D eigenvalue weighted by molar-refractivity contribution is 0.0952. The van der Waals surface area contributed by atoms with Crippen molar-refractivity contribution in [3.8, 4) is 0 Å². The molecule has 2 rings (SSSR count). The Kier molecular flexibility index (Phi) is 4.69. The van der Waals surface area contributed by atoms with E-state index >= 15 is 0 Å². The molecular weight excluding hydrogens is 240 g/mol. The van der Waals surface area contributed by atoms with E-state index in [1.807, 2.05) is 29.0 Å². The molecule has 0 atom stereocenters. The van der Waals surface area contributed by atoms with Crippen LogP contribution in [0.2, 0.25) is 0 Å². The zero-order valence-corrected chi connectivity index (χ0v) is 10.7. The molecule has 0 saturated heterocycles. The molecule has 1 aromatic carbocycles. The molecule has 2 aromatic rings. The van der Waals surface area contributed by atoms with E-state index in [0.29, 0.717) is 18.7 Å². The quantitative estimate of drug-likeness (QED) is 0.764. The molecule has 0 aliphatic heterocycles. The van der Waals surface area contributed by atoms with Crippen LogP contribution in [-0.2, 0) is 13.1 Å². The van der Waals surface area contributed by atoms with Gasteiger partial charge in [0.25, 0.3) is 5.91 Å². The largest absolute Gasteiger partial charge is 0.352 e. The number of benzene rings is 1. The number of hydrogen-bond acceptors (Lipinski definition) is 3. The minimum atomic E-state index is -0.0633. The number of carbonyl (C=O) groups excluding carboxylic acids is 1. The number of aromatic nitrogens is 2. The second kappa shape index (κ2) is 6.70. The van der Waals surface area contributed by atoms with Gasteiger partial charge >= 0.3 is 0 Å². The normalized spacial score (nSPS) is 10.4. The highest BCUT2D eigenvalue weighted by Gasteiger charge is 2.08. The fourth-order valence-corrected chi connectivity index (χ4v) is 1.90. The number of carbonyl (C=O) groups is 1. The van der Waals surface area contributed by atoms with Crippen molar-refractivity contribution in [2.45, 2.75) is 19.5 Å². The Morgan fingerprint density at radius 1 is 1.37 bits per heavy atom. The van der Waals surface area contributed by atoms with E-state index in [4.69, 9.17) is 5.73 Å². The van der Waals surface area contributed by atoms with Crippen molar-refractivity contribution in [1.29, 1.82) is 0 Å². The Hall–Kier alpha value is -2.14. The van der Waals surface area contributed by atoms with Crippen LogP contribution in [-0.4, -0.2) is 22.0 Å². The van der Waals surface area contributed by atoms with Gasteiger partial charge in [-0.2, -0.15) is 0 Å². The number of nitrogens with zero attached hydrogens (tertiary/aromatic N) is 2. The van der Waals surface area contributed by atoms with Gasteiger partial charge in [0.2, 0.25) is 0 Å². The maximum absolute atomic E-state index is 12.0. The van der Waals surface area contributed by atoms with Crippen molar-refractivity contribution in [2.24, 2.45) is 5.73 Å². The minimum Gasteiger partial charge on any atom is -0.352 e. The van der Waals surface area contributed by atoms with Gasteiger partial charge in [0.15, 0.2) is 0 Å². The summed E-state index contributed by atoms with van der Waals surface area (Å²) in [7, 11) is 0. The first-order valence-electron chi connectivity index (χ1n) is 6.33. The Morgan fingerprint density at radius 3 is 2.95 bits per heavy atom. The number of imidazole rings is 1. The Bertz CT molecular complexity index is 522. The first-order chi connectivity index (χ1) is 9.31. The molecule has 0 fully saturated rings. The summed E-state index contributed by atoms with van der Waals surface area (Å²) in [5.41, 5.74) is 7.15. The number of rotatable bonds is 6. The highest BCUT2D eigenvalue weighted by molar-refractivity contribution is 5.95. The fraction of sp³-hybridized carbons (Fsp3) is 0.286. The van der Waals surface area contributed by atoms with Gasteiger partial charge < -0.3 is 15.6 Å². The van der Waals surface area contributed by atoms with Crippen LogP contribution in [0, 0.1) is 0 Å². The number of amides is 1. The summed E-state index contributed by atoms with van der Waals surface area (Å²) in [6.45, 7) is 1.85. The summed E-state index contributed by atoms with van der Waals surface area (Å²) in [4.78, 5) is 16.0. The summed E-state index contributed by atoms with van der Waals surface area (Å²) >= 11 is 0. The van der Waals surface area contributed by atoms with Gasteiger partial charge in [-0.25, -0.2) is 4.98 Å². The van der Waals surface area contributed by atoms with Crippen LogP contribution >= 0.6 is 0 Å². The molecular formula is C14H18N4O. The lowest BCUT2D eigenvalue weighted by atomic mass is 10.1. The van der Waals surface area contributed by atoms with Gasteiger partial charge in [-0.15, -0.1) is 0 Å². The maximum atomic E-state index is 12.0. The molecule has 0 saturated carbocycles. The van der Waals surface area contributed by atoms with Crippen molar-refractivity contribution >= 4 is 5.91 Å². The van der Waals surface area contributed by atoms with E-state index in [1.54, 1.807) is 18.6 Å². The summed E-state index contributed by atoms with van der Waals surface area (Å²) in [5.74, 6) is -0.0633. The third kappa shape index (κ3) is 3.66. The van der Waals surface area contributed by atoms with Crippen LogP contribution in [0.15, 0.2) is 43.0 Å². The van der Waals surface area contributed by atoms with E-state index in [0.717, 1.165) is 18.5 Å². The summed E-state index contributed by atoms with van der Waals surface area (Å²) in [6.07, 6.45) is 6.29. The van der Waals surface area contributed by atoms with Crippen molar-refractivity contribution in [3.05, 3.63) is 54.1 Å². The molecule has 19 heavy (non-hydrogen) atoms. The van der Waals surface area contributed by atoms with Crippen LogP contribution in [0.3, 0.4) is 0 Å². The third-order valence-electron chi connectivity index (χ3n) is 2.92. The van der Waals surface area contributed by atoms with E-state index in [2.05, 4.69) is 10.3 Å². The second-order valence-corrected chi connectivity index (χ2v) is 4.27. The molecule has 5 heteroatoms. The standard InChI is InChI=1S/C14H18N4O/c15-10-12-4-1-2-5-13(12)14(19)17-6-3-8-18-9-7-16-11-18/h1-2,4-5,7,9,11H,3,6,8,10,15H2,(H,17,19). The van der Waals surface area contributed by atoms with Gasteiger partial charge in [-0.05, 0) is 18.1 Å². The molecule has 100 valence electrons. The van der Waals surface area contributed by atoms with Crippen LogP contribution in [0.1, 0.15) is 22.3 Å². The smallest absolute Gasteiger partial charge is 0.251 e. The third-order valence-corrected chi connectivity index (χ3v) is 2.92. The number of aryl methyl sites for hydroxylation is 1. The molecule has 0 radical (unpaired) electrons. The van der Waals surface area contributed by atoms with Crippen LogP contribution in [0.4, 0.5) is 0 Å².